The molecular weight excluding hydrogens is 289 g/mol. The summed E-state index contributed by atoms with van der Waals surface area (Å²) in [6.45, 7) is 0. The fourth-order valence-corrected chi connectivity index (χ4v) is 2.22. The molecule has 6 heteroatoms. The maximum Gasteiger partial charge on any atom is 0.416 e. The molecule has 21 heavy (non-hydrogen) atoms. The Balaban J connectivity index is 2.60. The normalized spacial score (nSPS) is 13.2. The van der Waals surface area contributed by atoms with E-state index in [1.54, 1.807) is 0 Å². The van der Waals surface area contributed by atoms with Crippen LogP contribution in [0.5, 0.6) is 0 Å². The number of alkyl halides is 3. The van der Waals surface area contributed by atoms with Gasteiger partial charge >= 0.3 is 6.18 Å². The van der Waals surface area contributed by atoms with Crippen LogP contribution in [0.1, 0.15) is 22.7 Å². The summed E-state index contributed by atoms with van der Waals surface area (Å²) in [6.07, 6.45) is -4.57. The van der Waals surface area contributed by atoms with Crippen LogP contribution in [0.25, 0.3) is 0 Å². The molecule has 1 N–H and O–H groups in total. The van der Waals surface area contributed by atoms with Crippen molar-refractivity contribution in [3.63, 3.8) is 0 Å². The smallest absolute Gasteiger partial charge is 0.309 e. The van der Waals surface area contributed by atoms with E-state index in [0.29, 0.717) is 0 Å². The molecule has 2 aromatic rings. The number of halogens is 5. The molecule has 0 radical (unpaired) electrons. The highest BCUT2D eigenvalue weighted by molar-refractivity contribution is 5.39. The monoisotopic (exact) mass is 301 g/mol. The predicted octanol–water partition coefficient (Wildman–Crippen LogP) is 4.29. The van der Waals surface area contributed by atoms with Crippen LogP contribution >= 0.6 is 0 Å². The van der Waals surface area contributed by atoms with E-state index < -0.39 is 29.4 Å². The van der Waals surface area contributed by atoms with Crippen molar-refractivity contribution in [1.29, 1.82) is 0 Å². The zero-order valence-corrected chi connectivity index (χ0v) is 11.0. The lowest BCUT2D eigenvalue weighted by atomic mass is 9.94. The molecular formula is C15H12F5N. The van der Waals surface area contributed by atoms with Gasteiger partial charge in [-0.05, 0) is 36.9 Å². The molecule has 0 aliphatic heterocycles. The number of hydrogen-bond acceptors (Lipinski definition) is 1. The maximum absolute atomic E-state index is 13.8. The molecule has 0 fully saturated rings. The first-order chi connectivity index (χ1) is 9.84. The lowest BCUT2D eigenvalue weighted by Gasteiger charge is -2.22. The summed E-state index contributed by atoms with van der Waals surface area (Å²) in [5.41, 5.74) is -1.21. The summed E-state index contributed by atoms with van der Waals surface area (Å²) in [7, 11) is 1.39. The quantitative estimate of drug-likeness (QED) is 0.834. The second-order valence-corrected chi connectivity index (χ2v) is 4.47. The molecule has 0 aliphatic carbocycles. The lowest BCUT2D eigenvalue weighted by molar-refractivity contribution is -0.138. The molecule has 1 unspecified atom stereocenters. The van der Waals surface area contributed by atoms with Crippen molar-refractivity contribution in [3.8, 4) is 0 Å². The Kier molecular flexibility index (Phi) is 4.27. The highest BCUT2D eigenvalue weighted by Gasteiger charge is 2.35. The van der Waals surface area contributed by atoms with Crippen LogP contribution in [0.4, 0.5) is 22.0 Å². The van der Waals surface area contributed by atoms with Crippen LogP contribution in [0.3, 0.4) is 0 Å². The summed E-state index contributed by atoms with van der Waals surface area (Å²) < 4.78 is 66.2. The van der Waals surface area contributed by atoms with Crippen molar-refractivity contribution < 1.29 is 22.0 Å². The van der Waals surface area contributed by atoms with Gasteiger partial charge in [0.15, 0.2) is 0 Å². The Labute approximate surface area is 118 Å². The second kappa shape index (κ2) is 5.81. The first kappa shape index (κ1) is 15.4. The van der Waals surface area contributed by atoms with Crippen LogP contribution in [0.15, 0.2) is 42.5 Å². The summed E-state index contributed by atoms with van der Waals surface area (Å²) in [5.74, 6) is -1.48. The molecule has 0 aliphatic rings. The van der Waals surface area contributed by atoms with Gasteiger partial charge in [0, 0.05) is 5.56 Å². The Morgan fingerprint density at radius 3 is 2.24 bits per heavy atom. The second-order valence-electron chi connectivity index (χ2n) is 4.47. The van der Waals surface area contributed by atoms with Gasteiger partial charge in [-0.1, -0.05) is 18.2 Å². The van der Waals surface area contributed by atoms with Gasteiger partial charge in [0.2, 0.25) is 0 Å². The maximum atomic E-state index is 13.8. The van der Waals surface area contributed by atoms with Crippen molar-refractivity contribution in [2.45, 2.75) is 12.2 Å². The SMILES string of the molecule is CNC(c1cc(F)ccc1F)c1ccccc1C(F)(F)F. The van der Waals surface area contributed by atoms with E-state index >= 15 is 0 Å². The highest BCUT2D eigenvalue weighted by Crippen LogP contribution is 2.36. The topological polar surface area (TPSA) is 12.0 Å². The highest BCUT2D eigenvalue weighted by atomic mass is 19.4. The molecule has 0 saturated heterocycles. The third-order valence-corrected chi connectivity index (χ3v) is 3.13. The van der Waals surface area contributed by atoms with Crippen LogP contribution in [-0.2, 0) is 6.18 Å². The van der Waals surface area contributed by atoms with E-state index in [2.05, 4.69) is 5.32 Å². The molecule has 2 aromatic carbocycles. The Hall–Kier alpha value is -1.95. The summed E-state index contributed by atoms with van der Waals surface area (Å²) >= 11 is 0. The summed E-state index contributed by atoms with van der Waals surface area (Å²) in [6, 6.07) is 6.44. The molecule has 1 atom stereocenters. The van der Waals surface area contributed by atoms with E-state index in [0.717, 1.165) is 24.3 Å². The Morgan fingerprint density at radius 2 is 1.62 bits per heavy atom. The van der Waals surface area contributed by atoms with E-state index in [1.165, 1.54) is 25.2 Å². The van der Waals surface area contributed by atoms with E-state index in [4.69, 9.17) is 0 Å². The van der Waals surface area contributed by atoms with E-state index in [-0.39, 0.29) is 11.1 Å². The molecule has 1 nitrogen and oxygen atoms in total. The van der Waals surface area contributed by atoms with Gasteiger partial charge in [-0.2, -0.15) is 13.2 Å². The fraction of sp³-hybridized carbons (Fsp3) is 0.200. The summed E-state index contributed by atoms with van der Waals surface area (Å²) in [4.78, 5) is 0. The summed E-state index contributed by atoms with van der Waals surface area (Å²) in [5, 5.41) is 2.61. The first-order valence-electron chi connectivity index (χ1n) is 6.13. The Morgan fingerprint density at radius 1 is 0.952 bits per heavy atom. The largest absolute Gasteiger partial charge is 0.416 e. The Bertz CT molecular complexity index is 636. The van der Waals surface area contributed by atoms with Gasteiger partial charge in [0.1, 0.15) is 11.6 Å². The lowest BCUT2D eigenvalue weighted by Crippen LogP contribution is -2.23. The molecule has 0 amide bonds. The molecule has 2 rings (SSSR count). The van der Waals surface area contributed by atoms with Gasteiger partial charge in [0.05, 0.1) is 11.6 Å². The van der Waals surface area contributed by atoms with Gasteiger partial charge in [-0.25, -0.2) is 8.78 Å². The van der Waals surface area contributed by atoms with Gasteiger partial charge in [-0.15, -0.1) is 0 Å². The van der Waals surface area contributed by atoms with Crippen LogP contribution < -0.4 is 5.32 Å². The molecule has 112 valence electrons. The van der Waals surface area contributed by atoms with Gasteiger partial charge in [-0.3, -0.25) is 0 Å². The van der Waals surface area contributed by atoms with E-state index in [9.17, 15) is 22.0 Å². The standard InChI is InChI=1S/C15H12F5N/c1-21-14(11-8-9(16)6-7-13(11)17)10-4-2-3-5-12(10)15(18,19)20/h2-8,14,21H,1H3. The van der Waals surface area contributed by atoms with Crippen molar-refractivity contribution in [1.82, 2.24) is 5.32 Å². The van der Waals surface area contributed by atoms with Crippen LogP contribution in [0.2, 0.25) is 0 Å². The van der Waals surface area contributed by atoms with Crippen molar-refractivity contribution in [2.24, 2.45) is 0 Å². The van der Waals surface area contributed by atoms with Crippen molar-refractivity contribution >= 4 is 0 Å². The molecule has 0 heterocycles. The zero-order valence-electron chi connectivity index (χ0n) is 11.0. The minimum Gasteiger partial charge on any atom is -0.309 e. The molecule has 0 bridgehead atoms. The zero-order chi connectivity index (χ0) is 15.6. The van der Waals surface area contributed by atoms with Crippen LogP contribution in [-0.4, -0.2) is 7.05 Å². The van der Waals surface area contributed by atoms with Crippen molar-refractivity contribution in [2.75, 3.05) is 7.05 Å². The van der Waals surface area contributed by atoms with Crippen molar-refractivity contribution in [3.05, 3.63) is 70.8 Å². The number of nitrogens with one attached hydrogen (secondary N) is 1. The third-order valence-electron chi connectivity index (χ3n) is 3.13. The predicted molar refractivity (Wildman–Crippen MR) is 68.7 cm³/mol. The minimum absolute atomic E-state index is 0.156. The fourth-order valence-electron chi connectivity index (χ4n) is 2.22. The number of hydrogen-bond donors (Lipinski definition) is 1. The minimum atomic E-state index is -4.57. The third kappa shape index (κ3) is 3.21. The molecule has 0 aromatic heterocycles. The average molecular weight is 301 g/mol. The van der Waals surface area contributed by atoms with E-state index in [1.807, 2.05) is 0 Å². The molecule has 0 saturated carbocycles. The van der Waals surface area contributed by atoms with Gasteiger partial charge < -0.3 is 5.32 Å². The molecule has 0 spiro atoms. The number of benzene rings is 2. The average Bonchev–Trinajstić information content (AvgIpc) is 2.43. The number of rotatable bonds is 3. The van der Waals surface area contributed by atoms with Crippen LogP contribution in [0, 0.1) is 11.6 Å². The van der Waals surface area contributed by atoms with Gasteiger partial charge in [0.25, 0.3) is 0 Å². The first-order valence-corrected chi connectivity index (χ1v) is 6.13.